The van der Waals surface area contributed by atoms with Crippen LogP contribution in [0.3, 0.4) is 0 Å². The van der Waals surface area contributed by atoms with Crippen molar-refractivity contribution in [3.8, 4) is 0 Å². The molecule has 0 aromatic carbocycles. The third-order valence-electron chi connectivity index (χ3n) is 0.399. The molecule has 0 aliphatic carbocycles. The lowest BCUT2D eigenvalue weighted by Gasteiger charge is -1.83. The van der Waals surface area contributed by atoms with Crippen molar-refractivity contribution in [1.82, 2.24) is 0 Å². The molecule has 0 N–H and O–H groups in total. The van der Waals surface area contributed by atoms with E-state index in [4.69, 9.17) is 0 Å². The van der Waals surface area contributed by atoms with Gasteiger partial charge in [-0.15, -0.1) is 6.58 Å². The molecule has 0 atom stereocenters. The second-order valence-electron chi connectivity index (χ2n) is 0.891. The highest BCUT2D eigenvalue weighted by molar-refractivity contribution is 14.1. The minimum Gasteiger partial charge on any atom is -0.315 e. The second kappa shape index (κ2) is 5.43. The number of hydrogen-bond acceptors (Lipinski definition) is 1. The van der Waals surface area contributed by atoms with Gasteiger partial charge in [0.1, 0.15) is 23.0 Å². The Morgan fingerprint density at radius 3 is 2.67 bits per heavy atom. The van der Waals surface area contributed by atoms with Crippen LogP contribution in [0.25, 0.3) is 0 Å². The normalized spacial score (nSPS) is 8.17. The van der Waals surface area contributed by atoms with Gasteiger partial charge >= 0.3 is 0 Å². The Balaban J connectivity index is 2.49. The van der Waals surface area contributed by atoms with Gasteiger partial charge < -0.3 is 3.07 Å². The van der Waals surface area contributed by atoms with Crippen molar-refractivity contribution < 1.29 is 3.07 Å². The van der Waals surface area contributed by atoms with Gasteiger partial charge in [-0.05, 0) is 6.42 Å². The molecule has 0 saturated carbocycles. The summed E-state index contributed by atoms with van der Waals surface area (Å²) in [4.78, 5) is 0. The molecular formula is C4H7IO. The van der Waals surface area contributed by atoms with Crippen LogP contribution in [0.1, 0.15) is 6.42 Å². The standard InChI is InChI=1S/C4H7IO/c1-2-3-4-6-5/h2H,1,3-4H2. The Morgan fingerprint density at radius 2 is 2.50 bits per heavy atom. The molecule has 6 heavy (non-hydrogen) atoms. The lowest BCUT2D eigenvalue weighted by atomic mass is 10.5. The van der Waals surface area contributed by atoms with E-state index in [0.29, 0.717) is 0 Å². The molecule has 0 amide bonds. The van der Waals surface area contributed by atoms with Crippen molar-refractivity contribution in [3.63, 3.8) is 0 Å². The first-order valence-electron chi connectivity index (χ1n) is 1.76. The van der Waals surface area contributed by atoms with Gasteiger partial charge in [0, 0.05) is 0 Å². The third kappa shape index (κ3) is 4.43. The average molecular weight is 198 g/mol. The van der Waals surface area contributed by atoms with Crippen LogP contribution < -0.4 is 0 Å². The van der Waals surface area contributed by atoms with E-state index in [-0.39, 0.29) is 0 Å². The van der Waals surface area contributed by atoms with Crippen LogP contribution in [0.2, 0.25) is 0 Å². The molecule has 0 aromatic rings. The highest BCUT2D eigenvalue weighted by Crippen LogP contribution is 1.87. The van der Waals surface area contributed by atoms with Crippen LogP contribution in [0.4, 0.5) is 0 Å². The maximum Gasteiger partial charge on any atom is 0.109 e. The lowest BCUT2D eigenvalue weighted by molar-refractivity contribution is 0.436. The van der Waals surface area contributed by atoms with E-state index in [1.165, 1.54) is 0 Å². The molecular weight excluding hydrogens is 191 g/mol. The van der Waals surface area contributed by atoms with Gasteiger partial charge in [-0.1, -0.05) is 6.08 Å². The summed E-state index contributed by atoms with van der Waals surface area (Å²) in [6.45, 7) is 4.30. The van der Waals surface area contributed by atoms with Crippen molar-refractivity contribution in [1.29, 1.82) is 0 Å². The van der Waals surface area contributed by atoms with E-state index < -0.39 is 0 Å². The van der Waals surface area contributed by atoms with Crippen LogP contribution in [0.15, 0.2) is 12.7 Å². The molecule has 0 unspecified atom stereocenters. The monoisotopic (exact) mass is 198 g/mol. The van der Waals surface area contributed by atoms with E-state index in [1.807, 2.05) is 29.1 Å². The maximum absolute atomic E-state index is 4.68. The summed E-state index contributed by atoms with van der Waals surface area (Å²) in [7, 11) is 0. The summed E-state index contributed by atoms with van der Waals surface area (Å²) in [6.07, 6.45) is 2.78. The van der Waals surface area contributed by atoms with Gasteiger partial charge in [-0.25, -0.2) is 0 Å². The fourth-order valence-electron chi connectivity index (χ4n) is 0.128. The van der Waals surface area contributed by atoms with E-state index in [9.17, 15) is 0 Å². The van der Waals surface area contributed by atoms with E-state index >= 15 is 0 Å². The first-order chi connectivity index (χ1) is 2.91. The lowest BCUT2D eigenvalue weighted by Crippen LogP contribution is -1.75. The first kappa shape index (κ1) is 6.43. The van der Waals surface area contributed by atoms with E-state index in [1.54, 1.807) is 0 Å². The minimum absolute atomic E-state index is 0.782. The summed E-state index contributed by atoms with van der Waals surface area (Å²) in [5.74, 6) is 0. The molecule has 0 heterocycles. The average Bonchev–Trinajstić information content (AvgIpc) is 1.61. The van der Waals surface area contributed by atoms with Gasteiger partial charge in [-0.2, -0.15) is 0 Å². The maximum atomic E-state index is 4.68. The minimum atomic E-state index is 0.782. The summed E-state index contributed by atoms with van der Waals surface area (Å²) < 4.78 is 4.68. The van der Waals surface area contributed by atoms with Crippen LogP contribution in [0.5, 0.6) is 0 Å². The zero-order valence-corrected chi connectivity index (χ0v) is 5.64. The summed E-state index contributed by atoms with van der Waals surface area (Å²) in [6, 6.07) is 0. The smallest absolute Gasteiger partial charge is 0.109 e. The van der Waals surface area contributed by atoms with Crippen LogP contribution >= 0.6 is 23.0 Å². The molecule has 2 heteroatoms. The number of rotatable bonds is 3. The number of halogens is 1. The molecule has 0 radical (unpaired) electrons. The van der Waals surface area contributed by atoms with Gasteiger partial charge in [0.15, 0.2) is 0 Å². The molecule has 0 aliphatic heterocycles. The van der Waals surface area contributed by atoms with Crippen LogP contribution in [-0.2, 0) is 3.07 Å². The Labute approximate surface area is 52.1 Å². The van der Waals surface area contributed by atoms with Crippen LogP contribution in [0, 0.1) is 0 Å². The molecule has 0 fully saturated rings. The summed E-state index contributed by atoms with van der Waals surface area (Å²) in [5, 5.41) is 0. The van der Waals surface area contributed by atoms with Crippen molar-refractivity contribution in [2.45, 2.75) is 6.42 Å². The Bertz CT molecular complexity index is 36.5. The van der Waals surface area contributed by atoms with E-state index in [2.05, 4.69) is 9.65 Å². The Kier molecular flexibility index (Phi) is 5.82. The molecule has 0 saturated heterocycles. The summed E-state index contributed by atoms with van der Waals surface area (Å²) in [5.41, 5.74) is 0. The van der Waals surface area contributed by atoms with Gasteiger partial charge in [0.05, 0.1) is 6.61 Å². The fraction of sp³-hybridized carbons (Fsp3) is 0.500. The van der Waals surface area contributed by atoms with Crippen molar-refractivity contribution in [2.75, 3.05) is 6.61 Å². The van der Waals surface area contributed by atoms with Gasteiger partial charge in [-0.3, -0.25) is 0 Å². The first-order valence-corrected chi connectivity index (χ1v) is 2.64. The quantitative estimate of drug-likeness (QED) is 0.382. The molecule has 0 aromatic heterocycles. The molecule has 0 spiro atoms. The molecule has 0 aliphatic rings. The third-order valence-corrected chi connectivity index (χ3v) is 0.840. The zero-order chi connectivity index (χ0) is 4.83. The topological polar surface area (TPSA) is 9.23 Å². The molecule has 0 rings (SSSR count). The van der Waals surface area contributed by atoms with Crippen LogP contribution in [-0.4, -0.2) is 6.61 Å². The largest absolute Gasteiger partial charge is 0.315 e. The van der Waals surface area contributed by atoms with Gasteiger partial charge in [0.25, 0.3) is 0 Å². The predicted molar refractivity (Wildman–Crippen MR) is 34.8 cm³/mol. The molecule has 0 bridgehead atoms. The highest BCUT2D eigenvalue weighted by Gasteiger charge is 1.71. The molecule has 1 nitrogen and oxygen atoms in total. The van der Waals surface area contributed by atoms with Crippen molar-refractivity contribution in [2.24, 2.45) is 0 Å². The fourth-order valence-corrected chi connectivity index (χ4v) is 0.382. The van der Waals surface area contributed by atoms with Crippen molar-refractivity contribution in [3.05, 3.63) is 12.7 Å². The second-order valence-corrected chi connectivity index (χ2v) is 1.51. The van der Waals surface area contributed by atoms with Gasteiger partial charge in [0.2, 0.25) is 0 Å². The SMILES string of the molecule is C=CCCOI. The Hall–Kier alpha value is 0.430. The highest BCUT2D eigenvalue weighted by atomic mass is 127. The zero-order valence-electron chi connectivity index (χ0n) is 3.48. The predicted octanol–water partition coefficient (Wildman–Crippen LogP) is 1.93. The Morgan fingerprint density at radius 1 is 1.83 bits per heavy atom. The summed E-state index contributed by atoms with van der Waals surface area (Å²) >= 11 is 1.86. The van der Waals surface area contributed by atoms with E-state index in [0.717, 1.165) is 13.0 Å². The molecule has 36 valence electrons. The van der Waals surface area contributed by atoms with Crippen molar-refractivity contribution >= 4 is 23.0 Å². The number of hydrogen-bond donors (Lipinski definition) is 0.